The molecule has 2 aliphatic heterocycles. The van der Waals surface area contributed by atoms with E-state index in [0.29, 0.717) is 30.3 Å². The molecule has 156 valence electrons. The Bertz CT molecular complexity index is 958. The molecule has 1 atom stereocenters. The van der Waals surface area contributed by atoms with E-state index in [9.17, 15) is 9.59 Å². The van der Waals surface area contributed by atoms with Crippen LogP contribution in [0.1, 0.15) is 25.3 Å². The van der Waals surface area contributed by atoms with Crippen LogP contribution in [0.2, 0.25) is 0 Å². The van der Waals surface area contributed by atoms with Gasteiger partial charge in [-0.1, -0.05) is 0 Å². The number of anilines is 2. The zero-order chi connectivity index (χ0) is 20.9. The summed E-state index contributed by atoms with van der Waals surface area (Å²) in [5, 5.41) is 12.0. The molecule has 1 fully saturated rings. The van der Waals surface area contributed by atoms with E-state index in [-0.39, 0.29) is 17.9 Å². The molecule has 0 saturated carbocycles. The summed E-state index contributed by atoms with van der Waals surface area (Å²) in [6.45, 7) is 3.27. The normalized spacial score (nSPS) is 17.8. The van der Waals surface area contributed by atoms with Crippen molar-refractivity contribution >= 4 is 29.4 Å². The van der Waals surface area contributed by atoms with Crippen LogP contribution in [0.5, 0.6) is 11.5 Å². The van der Waals surface area contributed by atoms with Gasteiger partial charge in [0.1, 0.15) is 19.3 Å². The summed E-state index contributed by atoms with van der Waals surface area (Å²) in [5.41, 5.74) is 2.25. The molecule has 0 radical (unpaired) electrons. The Balaban J connectivity index is 1.38. The molecule has 2 aromatic rings. The second-order valence-electron chi connectivity index (χ2n) is 7.22. The zero-order valence-electron chi connectivity index (χ0n) is 16.8. The number of carbonyl (C=O) groups is 2. The molecular formula is C22H24N4O4. The van der Waals surface area contributed by atoms with Gasteiger partial charge in [0.2, 0.25) is 11.8 Å². The summed E-state index contributed by atoms with van der Waals surface area (Å²) >= 11 is 0. The molecule has 2 amide bonds. The minimum Gasteiger partial charge on any atom is -0.486 e. The van der Waals surface area contributed by atoms with Crippen LogP contribution >= 0.6 is 0 Å². The van der Waals surface area contributed by atoms with Gasteiger partial charge >= 0.3 is 0 Å². The molecule has 0 spiro atoms. The van der Waals surface area contributed by atoms with Crippen LogP contribution in [0.25, 0.3) is 0 Å². The van der Waals surface area contributed by atoms with Gasteiger partial charge < -0.3 is 20.1 Å². The van der Waals surface area contributed by atoms with E-state index in [4.69, 9.17) is 9.47 Å². The van der Waals surface area contributed by atoms with E-state index >= 15 is 0 Å². The van der Waals surface area contributed by atoms with E-state index < -0.39 is 0 Å². The number of benzene rings is 2. The highest BCUT2D eigenvalue weighted by Gasteiger charge is 2.29. The lowest BCUT2D eigenvalue weighted by molar-refractivity contribution is -0.120. The maximum atomic E-state index is 12.8. The number of nitrogens with one attached hydrogen (secondary N) is 2. The Morgan fingerprint density at radius 1 is 1.03 bits per heavy atom. The van der Waals surface area contributed by atoms with E-state index in [2.05, 4.69) is 15.7 Å². The van der Waals surface area contributed by atoms with E-state index in [0.717, 1.165) is 30.7 Å². The monoisotopic (exact) mass is 408 g/mol. The molecule has 4 rings (SSSR count). The number of ether oxygens (including phenoxy) is 2. The third kappa shape index (κ3) is 4.71. The van der Waals surface area contributed by atoms with Gasteiger partial charge in [0, 0.05) is 24.8 Å². The molecule has 30 heavy (non-hydrogen) atoms. The highest BCUT2D eigenvalue weighted by atomic mass is 16.6. The van der Waals surface area contributed by atoms with Crippen LogP contribution in [0.3, 0.4) is 0 Å². The standard InChI is InChI=1S/C22H24N4O4/c1-15(27)24-17-5-7-18(8-6-17)25-22(28)19-3-2-10-26(19)23-14-16-4-9-20-21(13-16)30-12-11-29-20/h4-9,13-14,19H,2-3,10-12H2,1H3,(H,24,27)(H,25,28)/b23-14+. The van der Waals surface area contributed by atoms with Gasteiger partial charge in [-0.2, -0.15) is 5.10 Å². The fourth-order valence-corrected chi connectivity index (χ4v) is 3.50. The van der Waals surface area contributed by atoms with Crippen molar-refractivity contribution in [3.8, 4) is 11.5 Å². The van der Waals surface area contributed by atoms with Gasteiger partial charge in [0.05, 0.1) is 6.21 Å². The molecule has 1 saturated heterocycles. The van der Waals surface area contributed by atoms with Crippen molar-refractivity contribution in [3.05, 3.63) is 48.0 Å². The first kappa shape index (κ1) is 19.8. The van der Waals surface area contributed by atoms with E-state index in [1.807, 2.05) is 23.2 Å². The molecule has 0 aliphatic carbocycles. The average Bonchev–Trinajstić information content (AvgIpc) is 3.22. The van der Waals surface area contributed by atoms with Crippen molar-refractivity contribution in [1.82, 2.24) is 5.01 Å². The van der Waals surface area contributed by atoms with Crippen molar-refractivity contribution in [1.29, 1.82) is 0 Å². The Kier molecular flexibility index (Phi) is 5.83. The van der Waals surface area contributed by atoms with Gasteiger partial charge in [-0.05, 0) is 60.9 Å². The molecule has 8 nitrogen and oxygen atoms in total. The van der Waals surface area contributed by atoms with Crippen LogP contribution in [0, 0.1) is 0 Å². The van der Waals surface area contributed by atoms with Gasteiger partial charge in [-0.15, -0.1) is 0 Å². The highest BCUT2D eigenvalue weighted by Crippen LogP contribution is 2.30. The Morgan fingerprint density at radius 2 is 1.73 bits per heavy atom. The number of carbonyl (C=O) groups excluding carboxylic acids is 2. The maximum Gasteiger partial charge on any atom is 0.248 e. The molecule has 2 aliphatic rings. The number of hydrazone groups is 1. The predicted molar refractivity (Wildman–Crippen MR) is 114 cm³/mol. The van der Waals surface area contributed by atoms with Gasteiger partial charge in [-0.25, -0.2) is 0 Å². The van der Waals surface area contributed by atoms with Crippen molar-refractivity contribution in [2.75, 3.05) is 30.4 Å². The van der Waals surface area contributed by atoms with Crippen molar-refractivity contribution in [2.24, 2.45) is 5.10 Å². The minimum absolute atomic E-state index is 0.0981. The largest absolute Gasteiger partial charge is 0.486 e. The van der Waals surface area contributed by atoms with Crippen molar-refractivity contribution < 1.29 is 19.1 Å². The summed E-state index contributed by atoms with van der Waals surface area (Å²) in [4.78, 5) is 23.9. The molecule has 8 heteroatoms. The summed E-state index contributed by atoms with van der Waals surface area (Å²) in [5.74, 6) is 1.22. The van der Waals surface area contributed by atoms with Crippen LogP contribution in [0.15, 0.2) is 47.6 Å². The Morgan fingerprint density at radius 3 is 2.47 bits per heavy atom. The number of amides is 2. The number of rotatable bonds is 5. The third-order valence-corrected chi connectivity index (χ3v) is 4.92. The second kappa shape index (κ2) is 8.86. The fourth-order valence-electron chi connectivity index (χ4n) is 3.50. The molecule has 0 bridgehead atoms. The maximum absolute atomic E-state index is 12.8. The summed E-state index contributed by atoms with van der Waals surface area (Å²) in [7, 11) is 0. The first-order valence-corrected chi connectivity index (χ1v) is 9.97. The first-order chi connectivity index (χ1) is 14.6. The van der Waals surface area contributed by atoms with E-state index in [1.54, 1.807) is 30.5 Å². The number of fused-ring (bicyclic) bond motifs is 1. The average molecular weight is 408 g/mol. The Hall–Kier alpha value is -3.55. The first-order valence-electron chi connectivity index (χ1n) is 9.97. The molecular weight excluding hydrogens is 384 g/mol. The molecule has 2 aromatic carbocycles. The zero-order valence-corrected chi connectivity index (χ0v) is 16.8. The number of hydrogen-bond donors (Lipinski definition) is 2. The minimum atomic E-state index is -0.325. The number of nitrogens with zero attached hydrogens (tertiary/aromatic N) is 2. The van der Waals surface area contributed by atoms with E-state index in [1.165, 1.54) is 6.92 Å². The third-order valence-electron chi connectivity index (χ3n) is 4.92. The van der Waals surface area contributed by atoms with Crippen LogP contribution in [-0.2, 0) is 9.59 Å². The summed E-state index contributed by atoms with van der Waals surface area (Å²) < 4.78 is 11.1. The molecule has 2 heterocycles. The van der Waals surface area contributed by atoms with Gasteiger partial charge in [0.25, 0.3) is 0 Å². The predicted octanol–water partition coefficient (Wildman–Crippen LogP) is 2.85. The van der Waals surface area contributed by atoms with Gasteiger partial charge in [0.15, 0.2) is 11.5 Å². The summed E-state index contributed by atoms with van der Waals surface area (Å²) in [6, 6.07) is 12.4. The van der Waals surface area contributed by atoms with Crippen LogP contribution in [-0.4, -0.2) is 48.8 Å². The molecule has 0 aromatic heterocycles. The van der Waals surface area contributed by atoms with Crippen LogP contribution in [0.4, 0.5) is 11.4 Å². The topological polar surface area (TPSA) is 92.3 Å². The Labute approximate surface area is 174 Å². The van der Waals surface area contributed by atoms with Crippen molar-refractivity contribution in [3.63, 3.8) is 0 Å². The lowest BCUT2D eigenvalue weighted by Crippen LogP contribution is -2.36. The second-order valence-corrected chi connectivity index (χ2v) is 7.22. The molecule has 2 N–H and O–H groups in total. The molecule has 1 unspecified atom stereocenters. The fraction of sp³-hybridized carbons (Fsp3) is 0.318. The number of hydrogen-bond acceptors (Lipinski definition) is 6. The van der Waals surface area contributed by atoms with Crippen LogP contribution < -0.4 is 20.1 Å². The lowest BCUT2D eigenvalue weighted by Gasteiger charge is -2.21. The SMILES string of the molecule is CC(=O)Nc1ccc(NC(=O)C2CCCN2/N=C/c2ccc3c(c2)OCCO3)cc1. The lowest BCUT2D eigenvalue weighted by atomic mass is 10.2. The van der Waals surface area contributed by atoms with Gasteiger partial charge in [-0.3, -0.25) is 14.6 Å². The summed E-state index contributed by atoms with van der Waals surface area (Å²) in [6.07, 6.45) is 3.39. The smallest absolute Gasteiger partial charge is 0.248 e. The highest BCUT2D eigenvalue weighted by molar-refractivity contribution is 5.95. The quantitative estimate of drug-likeness (QED) is 0.743. The van der Waals surface area contributed by atoms with Crippen molar-refractivity contribution in [2.45, 2.75) is 25.8 Å².